The van der Waals surface area contributed by atoms with Gasteiger partial charge in [0.25, 0.3) is 0 Å². The van der Waals surface area contributed by atoms with E-state index in [2.05, 4.69) is 4.98 Å². The number of carbonyl (C=O) groups excluding carboxylic acids is 1. The predicted octanol–water partition coefficient (Wildman–Crippen LogP) is 4.52. The normalized spacial score (nSPS) is 10.8. The van der Waals surface area contributed by atoms with Crippen LogP contribution in [-0.4, -0.2) is 24.2 Å². The number of benzene rings is 2. The number of halogens is 2. The summed E-state index contributed by atoms with van der Waals surface area (Å²) in [6.45, 7) is 0.130. The first-order valence-electron chi connectivity index (χ1n) is 7.91. The number of aromatic nitrogens is 1. The molecule has 130 valence electrons. The third-order valence-electron chi connectivity index (χ3n) is 3.75. The first-order chi connectivity index (χ1) is 12.1. The van der Waals surface area contributed by atoms with E-state index in [9.17, 15) is 9.18 Å². The molecule has 0 atom stereocenters. The molecule has 0 unspecified atom stereocenters. The summed E-state index contributed by atoms with van der Waals surface area (Å²) in [6.07, 6.45) is 3.19. The molecule has 3 rings (SSSR count). The Labute approximate surface area is 149 Å². The number of hydrogen-bond donors (Lipinski definition) is 1. The lowest BCUT2D eigenvalue weighted by molar-refractivity contribution is -0.146. The van der Waals surface area contributed by atoms with Crippen LogP contribution in [0.4, 0.5) is 4.39 Å². The zero-order chi connectivity index (χ0) is 17.6. The van der Waals surface area contributed by atoms with Crippen molar-refractivity contribution in [3.8, 4) is 5.75 Å². The van der Waals surface area contributed by atoms with Crippen LogP contribution in [-0.2, 0) is 16.0 Å². The molecule has 0 aliphatic rings. The molecule has 0 spiro atoms. The maximum atomic E-state index is 13.3. The fourth-order valence-electron chi connectivity index (χ4n) is 2.52. The third kappa shape index (κ3) is 4.73. The van der Waals surface area contributed by atoms with Gasteiger partial charge in [-0.05, 0) is 60.9 Å². The zero-order valence-electron chi connectivity index (χ0n) is 13.4. The van der Waals surface area contributed by atoms with Crippen molar-refractivity contribution in [3.05, 3.63) is 65.1 Å². The lowest BCUT2D eigenvalue weighted by Crippen LogP contribution is -2.15. The second kappa shape index (κ2) is 8.03. The van der Waals surface area contributed by atoms with E-state index in [0.29, 0.717) is 23.6 Å². The molecule has 6 heteroatoms. The van der Waals surface area contributed by atoms with E-state index in [1.807, 2.05) is 6.20 Å². The summed E-state index contributed by atoms with van der Waals surface area (Å²) in [5.74, 6) is -0.138. The number of H-pyrrole nitrogens is 1. The molecule has 2 aromatic carbocycles. The van der Waals surface area contributed by atoms with Crippen LogP contribution in [0.15, 0.2) is 48.7 Å². The van der Waals surface area contributed by atoms with E-state index in [-0.39, 0.29) is 19.0 Å². The maximum absolute atomic E-state index is 13.3. The maximum Gasteiger partial charge on any atom is 0.344 e. The molecule has 1 aromatic heterocycles. The van der Waals surface area contributed by atoms with E-state index in [0.717, 1.165) is 16.5 Å². The van der Waals surface area contributed by atoms with Crippen molar-refractivity contribution in [1.82, 2.24) is 4.98 Å². The lowest BCUT2D eigenvalue weighted by Gasteiger charge is -2.07. The Morgan fingerprint density at radius 3 is 2.76 bits per heavy atom. The van der Waals surface area contributed by atoms with Gasteiger partial charge in [-0.25, -0.2) is 9.18 Å². The van der Waals surface area contributed by atoms with E-state index < -0.39 is 5.97 Å². The van der Waals surface area contributed by atoms with E-state index in [1.165, 1.54) is 12.1 Å². The minimum Gasteiger partial charge on any atom is -0.482 e. The molecule has 0 radical (unpaired) electrons. The standard InChI is InChI=1S/C19H17ClFNO3/c20-14-3-6-16(7-4-14)25-12-19(23)24-9-1-2-13-11-22-18-8-5-15(21)10-17(13)18/h3-8,10-11,22H,1-2,9,12H2. The topological polar surface area (TPSA) is 51.3 Å². The third-order valence-corrected chi connectivity index (χ3v) is 4.01. The molecule has 0 fully saturated rings. The molecule has 0 bridgehead atoms. The molecule has 0 saturated heterocycles. The molecule has 4 nitrogen and oxygen atoms in total. The first-order valence-corrected chi connectivity index (χ1v) is 8.29. The second-order valence-corrected chi connectivity index (χ2v) is 6.01. The van der Waals surface area contributed by atoms with Crippen LogP contribution in [0.5, 0.6) is 5.75 Å². The Morgan fingerprint density at radius 2 is 1.96 bits per heavy atom. The van der Waals surface area contributed by atoms with Gasteiger partial charge in [0.15, 0.2) is 6.61 Å². The monoisotopic (exact) mass is 361 g/mol. The molecule has 25 heavy (non-hydrogen) atoms. The highest BCUT2D eigenvalue weighted by Gasteiger charge is 2.07. The molecule has 0 aliphatic carbocycles. The minimum atomic E-state index is -0.431. The van der Waals surface area contributed by atoms with Crippen molar-refractivity contribution in [3.63, 3.8) is 0 Å². The Kier molecular flexibility index (Phi) is 5.56. The minimum absolute atomic E-state index is 0.153. The molecular weight excluding hydrogens is 345 g/mol. The van der Waals surface area contributed by atoms with Crippen LogP contribution >= 0.6 is 11.6 Å². The number of nitrogens with one attached hydrogen (secondary N) is 1. The van der Waals surface area contributed by atoms with E-state index in [1.54, 1.807) is 30.3 Å². The number of aryl methyl sites for hydroxylation is 1. The predicted molar refractivity (Wildman–Crippen MR) is 94.5 cm³/mol. The zero-order valence-corrected chi connectivity index (χ0v) is 14.2. The van der Waals surface area contributed by atoms with Crippen LogP contribution in [0.1, 0.15) is 12.0 Å². The van der Waals surface area contributed by atoms with Gasteiger partial charge in [-0.1, -0.05) is 11.6 Å². The fourth-order valence-corrected chi connectivity index (χ4v) is 2.65. The fraction of sp³-hybridized carbons (Fsp3) is 0.211. The summed E-state index contributed by atoms with van der Waals surface area (Å²) >= 11 is 5.78. The van der Waals surface area contributed by atoms with Crippen LogP contribution in [0.2, 0.25) is 5.02 Å². The SMILES string of the molecule is O=C(COc1ccc(Cl)cc1)OCCCc1c[nH]c2ccc(F)cc12. The number of carbonyl (C=O) groups is 1. The average Bonchev–Trinajstić information content (AvgIpc) is 3.00. The quantitative estimate of drug-likeness (QED) is 0.497. The van der Waals surface area contributed by atoms with Gasteiger partial charge in [-0.2, -0.15) is 0 Å². The Bertz CT molecular complexity index is 861. The summed E-state index contributed by atoms with van der Waals surface area (Å²) in [7, 11) is 0. The first kappa shape index (κ1) is 17.3. The van der Waals surface area contributed by atoms with E-state index in [4.69, 9.17) is 21.1 Å². The van der Waals surface area contributed by atoms with E-state index >= 15 is 0 Å². The van der Waals surface area contributed by atoms with Crippen LogP contribution < -0.4 is 4.74 Å². The highest BCUT2D eigenvalue weighted by molar-refractivity contribution is 6.30. The number of esters is 1. The van der Waals surface area contributed by atoms with Gasteiger partial charge in [0.1, 0.15) is 11.6 Å². The van der Waals surface area contributed by atoms with Crippen LogP contribution in [0.3, 0.4) is 0 Å². The van der Waals surface area contributed by atoms with Crippen LogP contribution in [0, 0.1) is 5.82 Å². The molecule has 0 aliphatic heterocycles. The molecular formula is C19H17ClFNO3. The molecule has 0 amide bonds. The van der Waals surface area contributed by atoms with Gasteiger partial charge in [-0.15, -0.1) is 0 Å². The summed E-state index contributed by atoms with van der Waals surface area (Å²) in [5, 5.41) is 1.46. The summed E-state index contributed by atoms with van der Waals surface area (Å²) in [6, 6.07) is 11.4. The highest BCUT2D eigenvalue weighted by Crippen LogP contribution is 2.20. The van der Waals surface area contributed by atoms with Crippen molar-refractivity contribution >= 4 is 28.5 Å². The number of ether oxygens (including phenoxy) is 2. The number of aromatic amines is 1. The van der Waals surface area contributed by atoms with Crippen molar-refractivity contribution in [2.24, 2.45) is 0 Å². The number of rotatable bonds is 7. The summed E-state index contributed by atoms with van der Waals surface area (Å²) in [5.41, 5.74) is 1.90. The second-order valence-electron chi connectivity index (χ2n) is 5.57. The van der Waals surface area contributed by atoms with Crippen molar-refractivity contribution in [2.45, 2.75) is 12.8 Å². The average molecular weight is 362 g/mol. The smallest absolute Gasteiger partial charge is 0.344 e. The van der Waals surface area contributed by atoms with Crippen molar-refractivity contribution < 1.29 is 18.7 Å². The Hall–Kier alpha value is -2.53. The van der Waals surface area contributed by atoms with Crippen LogP contribution in [0.25, 0.3) is 10.9 Å². The van der Waals surface area contributed by atoms with Gasteiger partial charge >= 0.3 is 5.97 Å². The number of hydrogen-bond acceptors (Lipinski definition) is 3. The molecule has 1 heterocycles. The molecule has 1 N–H and O–H groups in total. The lowest BCUT2D eigenvalue weighted by atomic mass is 10.1. The van der Waals surface area contributed by atoms with Gasteiger partial charge in [-0.3, -0.25) is 0 Å². The summed E-state index contributed by atoms with van der Waals surface area (Å²) < 4.78 is 23.8. The highest BCUT2D eigenvalue weighted by atomic mass is 35.5. The van der Waals surface area contributed by atoms with Crippen molar-refractivity contribution in [2.75, 3.05) is 13.2 Å². The Balaban J connectivity index is 1.41. The molecule has 3 aromatic rings. The van der Waals surface area contributed by atoms with Gasteiger partial charge < -0.3 is 14.5 Å². The Morgan fingerprint density at radius 1 is 1.16 bits per heavy atom. The van der Waals surface area contributed by atoms with Gasteiger partial charge in [0.2, 0.25) is 0 Å². The largest absolute Gasteiger partial charge is 0.482 e. The van der Waals surface area contributed by atoms with Gasteiger partial charge in [0, 0.05) is 22.1 Å². The number of fused-ring (bicyclic) bond motifs is 1. The summed E-state index contributed by atoms with van der Waals surface area (Å²) in [4.78, 5) is 14.8. The van der Waals surface area contributed by atoms with Gasteiger partial charge in [0.05, 0.1) is 6.61 Å². The van der Waals surface area contributed by atoms with Crippen molar-refractivity contribution in [1.29, 1.82) is 0 Å². The molecule has 0 saturated carbocycles.